The van der Waals surface area contributed by atoms with Gasteiger partial charge < -0.3 is 20.9 Å². The number of ether oxygens (including phenoxy) is 1. The lowest BCUT2D eigenvalue weighted by Gasteiger charge is -2.30. The second-order valence-corrected chi connectivity index (χ2v) is 7.49. The Labute approximate surface area is 163 Å². The summed E-state index contributed by atoms with van der Waals surface area (Å²) in [5.74, 6) is -3.69. The van der Waals surface area contributed by atoms with Crippen molar-refractivity contribution in [2.45, 2.75) is 57.6 Å². The van der Waals surface area contributed by atoms with Gasteiger partial charge in [0.2, 0.25) is 0 Å². The Morgan fingerprint density at radius 2 is 1.71 bits per heavy atom. The molecular formula is C18H27N3O7. The van der Waals surface area contributed by atoms with Crippen molar-refractivity contribution in [1.29, 1.82) is 0 Å². The summed E-state index contributed by atoms with van der Waals surface area (Å²) in [7, 11) is 0. The number of nitrogens with two attached hydrogens (primary N) is 1. The monoisotopic (exact) mass is 397 g/mol. The average molecular weight is 397 g/mol. The number of hydrogen-bond acceptors (Lipinski definition) is 7. The molecule has 156 valence electrons. The smallest absolute Gasteiger partial charge is 0.336 e. The minimum Gasteiger partial charge on any atom is -0.481 e. The summed E-state index contributed by atoms with van der Waals surface area (Å²) in [5.41, 5.74) is 3.18. The molecule has 0 bridgehead atoms. The van der Waals surface area contributed by atoms with E-state index < -0.39 is 40.8 Å². The van der Waals surface area contributed by atoms with Crippen LogP contribution in [0.25, 0.3) is 0 Å². The molecule has 0 aromatic carbocycles. The maximum atomic E-state index is 12.5. The van der Waals surface area contributed by atoms with Crippen LogP contribution in [-0.2, 0) is 28.7 Å². The number of nitrogens with one attached hydrogen (secondary N) is 1. The van der Waals surface area contributed by atoms with E-state index in [0.717, 1.165) is 4.90 Å². The van der Waals surface area contributed by atoms with Gasteiger partial charge in [0, 0.05) is 25.2 Å². The number of carbonyl (C=O) groups is 5. The molecule has 0 spiro atoms. The third-order valence-corrected chi connectivity index (χ3v) is 3.90. The average Bonchev–Trinajstić information content (AvgIpc) is 2.87. The van der Waals surface area contributed by atoms with Crippen molar-refractivity contribution in [3.63, 3.8) is 0 Å². The predicted molar refractivity (Wildman–Crippen MR) is 97.7 cm³/mol. The predicted octanol–water partition coefficient (Wildman–Crippen LogP) is -0.288. The molecule has 0 aliphatic carbocycles. The van der Waals surface area contributed by atoms with Gasteiger partial charge in [-0.1, -0.05) is 0 Å². The zero-order valence-electron chi connectivity index (χ0n) is 16.3. The molecule has 1 unspecified atom stereocenters. The van der Waals surface area contributed by atoms with Gasteiger partial charge in [-0.15, -0.1) is 0 Å². The molecule has 0 radical (unpaired) electrons. The van der Waals surface area contributed by atoms with Crippen LogP contribution in [0.2, 0.25) is 0 Å². The molecule has 0 aromatic rings. The highest BCUT2D eigenvalue weighted by Crippen LogP contribution is 2.19. The van der Waals surface area contributed by atoms with Crippen molar-refractivity contribution in [3.8, 4) is 0 Å². The summed E-state index contributed by atoms with van der Waals surface area (Å²) in [6.45, 7) is 4.84. The van der Waals surface area contributed by atoms with Crippen LogP contribution in [-0.4, -0.2) is 63.9 Å². The first kappa shape index (κ1) is 23.3. The molecule has 0 saturated heterocycles. The first-order valence-corrected chi connectivity index (χ1v) is 8.93. The quantitative estimate of drug-likeness (QED) is 0.196. The molecule has 0 aromatic heterocycles. The van der Waals surface area contributed by atoms with Gasteiger partial charge in [-0.25, -0.2) is 4.79 Å². The first-order valence-electron chi connectivity index (χ1n) is 8.93. The van der Waals surface area contributed by atoms with Gasteiger partial charge in [-0.05, 0) is 40.0 Å². The van der Waals surface area contributed by atoms with Gasteiger partial charge in [0.25, 0.3) is 17.7 Å². The number of nitrogens with zero attached hydrogens (tertiary/aromatic N) is 1. The zero-order chi connectivity index (χ0) is 21.5. The summed E-state index contributed by atoms with van der Waals surface area (Å²) in [4.78, 5) is 59.7. The standard InChI is InChI=1S/C18H27N3O7/c1-17(2,3)28-16(27)18(19,15(26)20-10-8-14(24)25)9-4-5-11-21-12(22)6-7-13(21)23/h6-7H,4-5,8-11,19H2,1-3H3,(H,20,26)(H,24,25). The van der Waals surface area contributed by atoms with Crippen molar-refractivity contribution in [2.24, 2.45) is 5.73 Å². The Morgan fingerprint density at radius 1 is 1.14 bits per heavy atom. The van der Waals surface area contributed by atoms with E-state index >= 15 is 0 Å². The van der Waals surface area contributed by atoms with Crippen LogP contribution in [0.15, 0.2) is 12.2 Å². The Hall–Kier alpha value is -2.75. The van der Waals surface area contributed by atoms with Gasteiger partial charge in [0.1, 0.15) is 5.60 Å². The molecule has 3 amide bonds. The Balaban J connectivity index is 2.72. The highest BCUT2D eigenvalue weighted by molar-refractivity contribution is 6.12. The summed E-state index contributed by atoms with van der Waals surface area (Å²) in [5, 5.41) is 11.0. The fourth-order valence-electron chi connectivity index (χ4n) is 2.44. The highest BCUT2D eigenvalue weighted by atomic mass is 16.6. The normalized spacial score (nSPS) is 16.1. The minimum atomic E-state index is -2.01. The van der Waals surface area contributed by atoms with Crippen LogP contribution in [0.3, 0.4) is 0 Å². The largest absolute Gasteiger partial charge is 0.481 e. The fraction of sp³-hybridized carbons (Fsp3) is 0.611. The van der Waals surface area contributed by atoms with Crippen LogP contribution in [0.1, 0.15) is 46.5 Å². The highest BCUT2D eigenvalue weighted by Gasteiger charge is 2.44. The number of esters is 1. The van der Waals surface area contributed by atoms with Crippen molar-refractivity contribution in [3.05, 3.63) is 12.2 Å². The van der Waals surface area contributed by atoms with E-state index in [4.69, 9.17) is 15.6 Å². The van der Waals surface area contributed by atoms with Gasteiger partial charge in [0.05, 0.1) is 6.42 Å². The van der Waals surface area contributed by atoms with Crippen molar-refractivity contribution in [2.75, 3.05) is 13.1 Å². The van der Waals surface area contributed by atoms with Crippen molar-refractivity contribution in [1.82, 2.24) is 10.2 Å². The summed E-state index contributed by atoms with van der Waals surface area (Å²) >= 11 is 0. The van der Waals surface area contributed by atoms with E-state index in [0.29, 0.717) is 6.42 Å². The SMILES string of the molecule is CC(C)(C)OC(=O)C(N)(CCCCN1C(=O)C=CC1=O)C(=O)NCCC(=O)O. The number of unbranched alkanes of at least 4 members (excludes halogenated alkanes) is 1. The zero-order valence-corrected chi connectivity index (χ0v) is 16.3. The molecule has 1 aliphatic heterocycles. The van der Waals surface area contributed by atoms with Gasteiger partial charge in [-0.2, -0.15) is 0 Å². The van der Waals surface area contributed by atoms with E-state index in [1.165, 1.54) is 12.2 Å². The fourth-order valence-corrected chi connectivity index (χ4v) is 2.44. The van der Waals surface area contributed by atoms with E-state index in [1.807, 2.05) is 0 Å². The minimum absolute atomic E-state index is 0.0928. The lowest BCUT2D eigenvalue weighted by atomic mass is 9.92. The molecule has 1 rings (SSSR count). The van der Waals surface area contributed by atoms with E-state index in [9.17, 15) is 24.0 Å². The van der Waals surface area contributed by atoms with Crippen LogP contribution in [0.4, 0.5) is 0 Å². The first-order chi connectivity index (χ1) is 12.9. The van der Waals surface area contributed by atoms with Gasteiger partial charge >= 0.3 is 11.9 Å². The molecule has 1 atom stereocenters. The number of carboxylic acids is 1. The third kappa shape index (κ3) is 6.76. The number of amides is 3. The van der Waals surface area contributed by atoms with E-state index in [2.05, 4.69) is 5.32 Å². The van der Waals surface area contributed by atoms with Crippen molar-refractivity contribution >= 4 is 29.7 Å². The molecule has 0 saturated carbocycles. The third-order valence-electron chi connectivity index (χ3n) is 3.90. The Morgan fingerprint density at radius 3 is 2.21 bits per heavy atom. The number of aliphatic carboxylic acids is 1. The number of rotatable bonds is 10. The number of hydrogen-bond donors (Lipinski definition) is 3. The molecule has 4 N–H and O–H groups in total. The Kier molecular flexibility index (Phi) is 7.86. The van der Waals surface area contributed by atoms with Crippen LogP contribution >= 0.6 is 0 Å². The van der Waals surface area contributed by atoms with Gasteiger partial charge in [0.15, 0.2) is 5.54 Å². The van der Waals surface area contributed by atoms with Crippen LogP contribution in [0, 0.1) is 0 Å². The number of carbonyl (C=O) groups excluding carboxylic acids is 4. The lowest BCUT2D eigenvalue weighted by molar-refractivity contribution is -0.165. The number of imide groups is 1. The second-order valence-electron chi connectivity index (χ2n) is 7.49. The maximum Gasteiger partial charge on any atom is 0.336 e. The molecule has 0 fully saturated rings. The number of carboxylic acid groups (broad SMARTS) is 1. The molecule has 10 nitrogen and oxygen atoms in total. The summed E-state index contributed by atoms with van der Waals surface area (Å²) in [6, 6.07) is 0. The molecular weight excluding hydrogens is 370 g/mol. The molecule has 1 aliphatic rings. The second kappa shape index (κ2) is 9.45. The van der Waals surface area contributed by atoms with E-state index in [1.54, 1.807) is 20.8 Å². The summed E-state index contributed by atoms with van der Waals surface area (Å²) in [6.07, 6.45) is 2.54. The van der Waals surface area contributed by atoms with Crippen molar-refractivity contribution < 1.29 is 33.8 Å². The van der Waals surface area contributed by atoms with Crippen LogP contribution in [0.5, 0.6) is 0 Å². The molecule has 28 heavy (non-hydrogen) atoms. The van der Waals surface area contributed by atoms with E-state index in [-0.39, 0.29) is 32.4 Å². The van der Waals surface area contributed by atoms with Gasteiger partial charge in [-0.3, -0.25) is 24.1 Å². The maximum absolute atomic E-state index is 12.5. The Bertz CT molecular complexity index is 663. The van der Waals surface area contributed by atoms with Crippen LogP contribution < -0.4 is 11.1 Å². The molecule has 10 heteroatoms. The lowest BCUT2D eigenvalue weighted by Crippen LogP contribution is -2.61. The topological polar surface area (TPSA) is 156 Å². The summed E-state index contributed by atoms with van der Waals surface area (Å²) < 4.78 is 5.25. The molecule has 1 heterocycles.